The van der Waals surface area contributed by atoms with Gasteiger partial charge < -0.3 is 20.3 Å². The molecule has 1 amide bonds. The fourth-order valence-electron chi connectivity index (χ4n) is 8.08. The van der Waals surface area contributed by atoms with E-state index in [2.05, 4.69) is 50.4 Å². The highest BCUT2D eigenvalue weighted by molar-refractivity contribution is 5.77. The third-order valence-corrected chi connectivity index (χ3v) is 12.1. The number of carbonyl (C=O) groups excluding carboxylic acids is 2. The zero-order valence-electron chi connectivity index (χ0n) is 39.7. The number of allylic oxidation sites excluding steroid dienone is 4. The lowest BCUT2D eigenvalue weighted by Gasteiger charge is -2.24. The van der Waals surface area contributed by atoms with Gasteiger partial charge in [0.25, 0.3) is 0 Å². The average molecular weight is 832 g/mol. The van der Waals surface area contributed by atoms with Crippen molar-refractivity contribution in [2.24, 2.45) is 0 Å². The Morgan fingerprint density at radius 2 is 0.864 bits per heavy atom. The van der Waals surface area contributed by atoms with Gasteiger partial charge in [0.05, 0.1) is 25.2 Å². The van der Waals surface area contributed by atoms with E-state index in [-0.39, 0.29) is 24.9 Å². The van der Waals surface area contributed by atoms with E-state index < -0.39 is 18.2 Å². The van der Waals surface area contributed by atoms with E-state index in [1.807, 2.05) is 0 Å². The van der Waals surface area contributed by atoms with Crippen LogP contribution < -0.4 is 5.32 Å². The van der Waals surface area contributed by atoms with Crippen LogP contribution in [0.3, 0.4) is 0 Å². The predicted octanol–water partition coefficient (Wildman–Crippen LogP) is 15.5. The summed E-state index contributed by atoms with van der Waals surface area (Å²) in [5, 5.41) is 23.7. The fraction of sp³-hybridized carbons (Fsp3) is 0.887. The molecule has 0 radical (unpaired) electrons. The number of hydrogen-bond donors (Lipinski definition) is 3. The van der Waals surface area contributed by atoms with Gasteiger partial charge in [-0.3, -0.25) is 9.59 Å². The molecule has 0 saturated carbocycles. The molecule has 0 aromatic heterocycles. The summed E-state index contributed by atoms with van der Waals surface area (Å²) in [6.45, 7) is 6.47. The Morgan fingerprint density at radius 3 is 1.29 bits per heavy atom. The molecule has 0 aliphatic rings. The molecule has 348 valence electrons. The first-order valence-corrected chi connectivity index (χ1v) is 26.1. The molecule has 6 nitrogen and oxygen atoms in total. The van der Waals surface area contributed by atoms with Crippen LogP contribution in [0.2, 0.25) is 0 Å². The number of aliphatic hydroxyl groups excluding tert-OH is 2. The van der Waals surface area contributed by atoms with Crippen molar-refractivity contribution < 1.29 is 24.5 Å². The molecule has 0 heterocycles. The van der Waals surface area contributed by atoms with Gasteiger partial charge in [-0.25, -0.2) is 0 Å². The molecule has 0 rings (SSSR count). The van der Waals surface area contributed by atoms with Crippen LogP contribution >= 0.6 is 0 Å². The molecule has 3 unspecified atom stereocenters. The van der Waals surface area contributed by atoms with E-state index >= 15 is 0 Å². The molecule has 0 saturated heterocycles. The van der Waals surface area contributed by atoms with Gasteiger partial charge in [-0.2, -0.15) is 0 Å². The number of unbranched alkanes of at least 4 members (excludes halogenated alkanes) is 32. The number of amides is 1. The number of aliphatic hydroxyl groups is 2. The van der Waals surface area contributed by atoms with Gasteiger partial charge in [0.15, 0.2) is 0 Å². The van der Waals surface area contributed by atoms with E-state index in [0.717, 1.165) is 57.8 Å². The molecule has 3 atom stereocenters. The number of ether oxygens (including phenoxy) is 1. The molecule has 6 heteroatoms. The topological polar surface area (TPSA) is 95.9 Å². The number of esters is 1. The third-order valence-electron chi connectivity index (χ3n) is 12.1. The van der Waals surface area contributed by atoms with Crippen molar-refractivity contribution in [3.8, 4) is 0 Å². The second-order valence-corrected chi connectivity index (χ2v) is 18.0. The van der Waals surface area contributed by atoms with E-state index in [1.54, 1.807) is 0 Å². The normalized spacial score (nSPS) is 13.4. The highest BCUT2D eigenvalue weighted by atomic mass is 16.5. The first kappa shape index (κ1) is 57.3. The van der Waals surface area contributed by atoms with Gasteiger partial charge in [0.2, 0.25) is 5.91 Å². The minimum atomic E-state index is -0.794. The first-order valence-electron chi connectivity index (χ1n) is 26.1. The van der Waals surface area contributed by atoms with Gasteiger partial charge in [-0.05, 0) is 44.9 Å². The number of nitrogens with one attached hydrogen (secondary N) is 1. The standard InChI is InChI=1S/C53H101NO5/c1-4-7-10-13-16-19-22-24-26-27-29-31-34-37-40-43-46-53(58)59-49(44-41-38-35-32-30-28-25-23-20-17-14-11-8-5-2)47-52(57)54-50(48-55)51(56)45-42-39-36-33-21-18-15-12-9-6-3/h28,30,32,35,49-51,55-56H,4-27,29,31,33-34,36-48H2,1-3H3,(H,54,57)/b30-28+,35-32+. The lowest BCUT2D eigenvalue weighted by atomic mass is 10.0. The Bertz CT molecular complexity index is 935. The molecule has 59 heavy (non-hydrogen) atoms. The Labute approximate surface area is 367 Å². The summed E-state index contributed by atoms with van der Waals surface area (Å²) in [5.74, 6) is -0.507. The van der Waals surface area contributed by atoms with Crippen molar-refractivity contribution in [2.75, 3.05) is 6.61 Å². The van der Waals surface area contributed by atoms with Crippen LogP contribution in [0, 0.1) is 0 Å². The summed E-state index contributed by atoms with van der Waals surface area (Å²) < 4.78 is 5.91. The van der Waals surface area contributed by atoms with Crippen LogP contribution in [0.15, 0.2) is 24.3 Å². The monoisotopic (exact) mass is 832 g/mol. The summed E-state index contributed by atoms with van der Waals surface area (Å²) in [5.41, 5.74) is 0. The Balaban J connectivity index is 4.59. The smallest absolute Gasteiger partial charge is 0.306 e. The zero-order valence-corrected chi connectivity index (χ0v) is 39.7. The molecular weight excluding hydrogens is 731 g/mol. The molecule has 0 aromatic carbocycles. The largest absolute Gasteiger partial charge is 0.462 e. The maximum atomic E-state index is 13.2. The lowest BCUT2D eigenvalue weighted by Crippen LogP contribution is -2.46. The highest BCUT2D eigenvalue weighted by Gasteiger charge is 2.24. The maximum Gasteiger partial charge on any atom is 0.306 e. The Kier molecular flexibility index (Phi) is 46.1. The second kappa shape index (κ2) is 47.4. The lowest BCUT2D eigenvalue weighted by molar-refractivity contribution is -0.151. The molecular formula is C53H101NO5. The van der Waals surface area contributed by atoms with Crippen LogP contribution in [-0.4, -0.2) is 46.9 Å². The molecule has 0 fully saturated rings. The van der Waals surface area contributed by atoms with Gasteiger partial charge in [-0.1, -0.05) is 244 Å². The molecule has 3 N–H and O–H groups in total. The Morgan fingerprint density at radius 1 is 0.492 bits per heavy atom. The first-order chi connectivity index (χ1) is 29.0. The second-order valence-electron chi connectivity index (χ2n) is 18.0. The summed E-state index contributed by atoms with van der Waals surface area (Å²) in [6, 6.07) is -0.710. The molecule has 0 aliphatic carbocycles. The summed E-state index contributed by atoms with van der Waals surface area (Å²) in [4.78, 5) is 26.1. The van der Waals surface area contributed by atoms with Crippen molar-refractivity contribution in [1.29, 1.82) is 0 Å². The van der Waals surface area contributed by atoms with E-state index in [9.17, 15) is 19.8 Å². The van der Waals surface area contributed by atoms with Gasteiger partial charge in [0, 0.05) is 6.42 Å². The van der Waals surface area contributed by atoms with Crippen molar-refractivity contribution in [3.63, 3.8) is 0 Å². The molecule has 0 aromatic rings. The zero-order chi connectivity index (χ0) is 43.1. The maximum absolute atomic E-state index is 13.2. The fourth-order valence-corrected chi connectivity index (χ4v) is 8.08. The van der Waals surface area contributed by atoms with Gasteiger partial charge in [0.1, 0.15) is 6.10 Å². The number of hydrogen-bond acceptors (Lipinski definition) is 5. The van der Waals surface area contributed by atoms with Crippen LogP contribution in [0.25, 0.3) is 0 Å². The molecule has 0 bridgehead atoms. The third kappa shape index (κ3) is 42.8. The Hall–Kier alpha value is -1.66. The van der Waals surface area contributed by atoms with E-state index in [0.29, 0.717) is 19.3 Å². The predicted molar refractivity (Wildman–Crippen MR) is 255 cm³/mol. The van der Waals surface area contributed by atoms with Crippen molar-refractivity contribution in [1.82, 2.24) is 5.32 Å². The van der Waals surface area contributed by atoms with Crippen molar-refractivity contribution in [2.45, 2.75) is 296 Å². The average Bonchev–Trinajstić information content (AvgIpc) is 3.23. The molecule has 0 aliphatic heterocycles. The van der Waals surface area contributed by atoms with Gasteiger partial charge >= 0.3 is 5.97 Å². The van der Waals surface area contributed by atoms with Crippen molar-refractivity contribution in [3.05, 3.63) is 24.3 Å². The quantitative estimate of drug-likeness (QED) is 0.0322. The van der Waals surface area contributed by atoms with E-state index in [1.165, 1.54) is 173 Å². The van der Waals surface area contributed by atoms with Gasteiger partial charge in [-0.15, -0.1) is 0 Å². The number of rotatable bonds is 47. The van der Waals surface area contributed by atoms with E-state index in [4.69, 9.17) is 4.74 Å². The van der Waals surface area contributed by atoms with Crippen molar-refractivity contribution >= 4 is 11.9 Å². The minimum Gasteiger partial charge on any atom is -0.462 e. The summed E-state index contributed by atoms with van der Waals surface area (Å²) in [6.07, 6.45) is 53.9. The SMILES string of the molecule is CCCCCCCCC/C=C/C=C/CCCC(CC(=O)NC(CO)C(O)CCCCCCCCCCCC)OC(=O)CCCCCCCCCCCCCCCCCC. The van der Waals surface area contributed by atoms with Crippen LogP contribution in [0.1, 0.15) is 278 Å². The van der Waals surface area contributed by atoms with Crippen LogP contribution in [0.5, 0.6) is 0 Å². The number of carbonyl (C=O) groups is 2. The summed E-state index contributed by atoms with van der Waals surface area (Å²) in [7, 11) is 0. The van der Waals surface area contributed by atoms with Crippen LogP contribution in [0.4, 0.5) is 0 Å². The molecule has 0 spiro atoms. The highest BCUT2D eigenvalue weighted by Crippen LogP contribution is 2.18. The minimum absolute atomic E-state index is 0.0498. The van der Waals surface area contributed by atoms with Crippen LogP contribution in [-0.2, 0) is 14.3 Å². The summed E-state index contributed by atoms with van der Waals surface area (Å²) >= 11 is 0.